The molecule has 2 N–H and O–H groups in total. The van der Waals surface area contributed by atoms with Gasteiger partial charge in [0.1, 0.15) is 0 Å². The van der Waals surface area contributed by atoms with Crippen LogP contribution in [0, 0.1) is 0 Å². The molecule has 0 aliphatic carbocycles. The summed E-state index contributed by atoms with van der Waals surface area (Å²) in [4.78, 5) is 0. The third-order valence-corrected chi connectivity index (χ3v) is 1.02. The fourth-order valence-corrected chi connectivity index (χ4v) is 0.578. The molecule has 0 heterocycles. The molecule has 0 aliphatic heterocycles. The lowest BCUT2D eigenvalue weighted by Crippen LogP contribution is -2.32. The first kappa shape index (κ1) is 9.88. The standard InChI is InChI=1S/C7H17NO2/c1-6(2)10-5-7(8)4-9-3/h6-7H,4-5,8H2,1-3H3/t7-/m1/s1. The highest BCUT2D eigenvalue weighted by atomic mass is 16.5. The van der Waals surface area contributed by atoms with Crippen LogP contribution in [0.1, 0.15) is 13.8 Å². The van der Waals surface area contributed by atoms with E-state index in [4.69, 9.17) is 15.2 Å². The molecule has 0 spiro atoms. The molecule has 0 aromatic carbocycles. The fourth-order valence-electron chi connectivity index (χ4n) is 0.578. The van der Waals surface area contributed by atoms with Crippen LogP contribution < -0.4 is 5.73 Å². The molecule has 0 fully saturated rings. The van der Waals surface area contributed by atoms with Gasteiger partial charge in [0.25, 0.3) is 0 Å². The van der Waals surface area contributed by atoms with E-state index in [-0.39, 0.29) is 12.1 Å². The van der Waals surface area contributed by atoms with E-state index in [9.17, 15) is 0 Å². The molecule has 1 atom stereocenters. The van der Waals surface area contributed by atoms with Crippen molar-refractivity contribution in [3.05, 3.63) is 0 Å². The van der Waals surface area contributed by atoms with Crippen LogP contribution in [0.5, 0.6) is 0 Å². The maximum Gasteiger partial charge on any atom is 0.0643 e. The van der Waals surface area contributed by atoms with E-state index in [2.05, 4.69) is 0 Å². The highest BCUT2D eigenvalue weighted by Gasteiger charge is 2.01. The Morgan fingerprint density at radius 3 is 2.30 bits per heavy atom. The summed E-state index contributed by atoms with van der Waals surface area (Å²) in [6.07, 6.45) is 0.253. The van der Waals surface area contributed by atoms with Gasteiger partial charge in [-0.05, 0) is 13.8 Å². The molecule has 3 heteroatoms. The van der Waals surface area contributed by atoms with Crippen LogP contribution in [0.2, 0.25) is 0 Å². The molecule has 10 heavy (non-hydrogen) atoms. The van der Waals surface area contributed by atoms with E-state index in [1.807, 2.05) is 13.8 Å². The molecular weight excluding hydrogens is 130 g/mol. The Balaban J connectivity index is 3.12. The average Bonchev–Trinajstić information content (AvgIpc) is 1.85. The second kappa shape index (κ2) is 5.65. The molecule has 0 radical (unpaired) electrons. The summed E-state index contributed by atoms with van der Waals surface area (Å²) >= 11 is 0. The lowest BCUT2D eigenvalue weighted by Gasteiger charge is -2.12. The smallest absolute Gasteiger partial charge is 0.0643 e. The van der Waals surface area contributed by atoms with Gasteiger partial charge in [-0.25, -0.2) is 0 Å². The van der Waals surface area contributed by atoms with Crippen LogP contribution in [0.15, 0.2) is 0 Å². The minimum Gasteiger partial charge on any atom is -0.383 e. The van der Waals surface area contributed by atoms with Gasteiger partial charge in [0, 0.05) is 7.11 Å². The van der Waals surface area contributed by atoms with E-state index in [0.29, 0.717) is 13.2 Å². The lowest BCUT2D eigenvalue weighted by atomic mass is 10.3. The van der Waals surface area contributed by atoms with Crippen LogP contribution in [-0.4, -0.2) is 32.5 Å². The first-order valence-corrected chi connectivity index (χ1v) is 3.53. The summed E-state index contributed by atoms with van der Waals surface area (Å²) in [6.45, 7) is 5.11. The summed E-state index contributed by atoms with van der Waals surface area (Å²) < 4.78 is 10.1. The fraction of sp³-hybridized carbons (Fsp3) is 1.00. The van der Waals surface area contributed by atoms with Crippen molar-refractivity contribution < 1.29 is 9.47 Å². The summed E-state index contributed by atoms with van der Waals surface area (Å²) in [5, 5.41) is 0. The number of hydrogen-bond acceptors (Lipinski definition) is 3. The predicted octanol–water partition coefficient (Wildman–Crippen LogP) is 0.385. The number of hydrogen-bond donors (Lipinski definition) is 1. The van der Waals surface area contributed by atoms with E-state index < -0.39 is 0 Å². The van der Waals surface area contributed by atoms with E-state index >= 15 is 0 Å². The Labute approximate surface area is 62.5 Å². The van der Waals surface area contributed by atoms with Crippen molar-refractivity contribution in [2.24, 2.45) is 5.73 Å². The molecule has 0 aromatic rings. The SMILES string of the molecule is COC[C@@H](N)COC(C)C. The Morgan fingerprint density at radius 2 is 1.90 bits per heavy atom. The van der Waals surface area contributed by atoms with Crippen molar-refractivity contribution in [3.63, 3.8) is 0 Å². The Morgan fingerprint density at radius 1 is 1.30 bits per heavy atom. The molecule has 0 aromatic heterocycles. The quantitative estimate of drug-likeness (QED) is 0.611. The zero-order chi connectivity index (χ0) is 7.98. The number of methoxy groups -OCH3 is 1. The van der Waals surface area contributed by atoms with Crippen LogP contribution in [0.3, 0.4) is 0 Å². The molecule has 62 valence electrons. The highest BCUT2D eigenvalue weighted by Crippen LogP contribution is 1.89. The first-order valence-electron chi connectivity index (χ1n) is 3.53. The van der Waals surface area contributed by atoms with Crippen LogP contribution >= 0.6 is 0 Å². The lowest BCUT2D eigenvalue weighted by molar-refractivity contribution is 0.0488. The average molecular weight is 147 g/mol. The van der Waals surface area contributed by atoms with E-state index in [0.717, 1.165) is 0 Å². The third kappa shape index (κ3) is 6.01. The Kier molecular flexibility index (Phi) is 5.58. The van der Waals surface area contributed by atoms with Crippen LogP contribution in [0.25, 0.3) is 0 Å². The highest BCUT2D eigenvalue weighted by molar-refractivity contribution is 4.57. The van der Waals surface area contributed by atoms with Crippen molar-refractivity contribution >= 4 is 0 Å². The normalized spacial score (nSPS) is 14.1. The van der Waals surface area contributed by atoms with Gasteiger partial charge in [0.2, 0.25) is 0 Å². The van der Waals surface area contributed by atoms with Gasteiger partial charge in [-0.1, -0.05) is 0 Å². The summed E-state index contributed by atoms with van der Waals surface area (Å²) in [7, 11) is 1.63. The number of ether oxygens (including phenoxy) is 2. The van der Waals surface area contributed by atoms with Gasteiger partial charge >= 0.3 is 0 Å². The van der Waals surface area contributed by atoms with E-state index in [1.165, 1.54) is 0 Å². The van der Waals surface area contributed by atoms with Gasteiger partial charge in [0.15, 0.2) is 0 Å². The second-order valence-electron chi connectivity index (χ2n) is 2.60. The first-order chi connectivity index (χ1) is 4.66. The largest absolute Gasteiger partial charge is 0.383 e. The maximum absolute atomic E-state index is 5.58. The molecule has 0 saturated heterocycles. The minimum absolute atomic E-state index is 0.00685. The number of nitrogens with two attached hydrogens (primary N) is 1. The topological polar surface area (TPSA) is 44.5 Å². The van der Waals surface area contributed by atoms with Crippen molar-refractivity contribution in [2.45, 2.75) is 26.0 Å². The third-order valence-electron chi connectivity index (χ3n) is 1.02. The van der Waals surface area contributed by atoms with Gasteiger partial charge in [-0.3, -0.25) is 0 Å². The van der Waals surface area contributed by atoms with Gasteiger partial charge in [0.05, 0.1) is 25.4 Å². The number of rotatable bonds is 5. The predicted molar refractivity (Wildman–Crippen MR) is 40.9 cm³/mol. The zero-order valence-electron chi connectivity index (χ0n) is 6.96. The van der Waals surface area contributed by atoms with Gasteiger partial charge in [-0.15, -0.1) is 0 Å². The van der Waals surface area contributed by atoms with Gasteiger partial charge < -0.3 is 15.2 Å². The second-order valence-corrected chi connectivity index (χ2v) is 2.60. The molecule has 0 unspecified atom stereocenters. The molecule has 0 aliphatic rings. The van der Waals surface area contributed by atoms with Crippen molar-refractivity contribution in [1.29, 1.82) is 0 Å². The van der Waals surface area contributed by atoms with E-state index in [1.54, 1.807) is 7.11 Å². The molecule has 0 rings (SSSR count). The maximum atomic E-state index is 5.58. The van der Waals surface area contributed by atoms with Crippen LogP contribution in [-0.2, 0) is 9.47 Å². The summed E-state index contributed by atoms with van der Waals surface area (Å²) in [5.41, 5.74) is 5.58. The van der Waals surface area contributed by atoms with Crippen molar-refractivity contribution in [2.75, 3.05) is 20.3 Å². The molecule has 0 bridgehead atoms. The summed E-state index contributed by atoms with van der Waals surface area (Å²) in [6, 6.07) is 0.00685. The molecule has 0 saturated carbocycles. The molecule has 3 nitrogen and oxygen atoms in total. The van der Waals surface area contributed by atoms with Crippen LogP contribution in [0.4, 0.5) is 0 Å². The summed E-state index contributed by atoms with van der Waals surface area (Å²) in [5.74, 6) is 0. The van der Waals surface area contributed by atoms with Crippen molar-refractivity contribution in [3.8, 4) is 0 Å². The van der Waals surface area contributed by atoms with Crippen molar-refractivity contribution in [1.82, 2.24) is 0 Å². The Bertz CT molecular complexity index is 76.0. The monoisotopic (exact) mass is 147 g/mol. The molecular formula is C7H17NO2. The molecule has 0 amide bonds. The zero-order valence-corrected chi connectivity index (χ0v) is 6.96. The van der Waals surface area contributed by atoms with Gasteiger partial charge in [-0.2, -0.15) is 0 Å². The minimum atomic E-state index is 0.00685. The Hall–Kier alpha value is -0.120.